The molecular formula is C53H33N5. The molecule has 12 rings (SSSR count). The van der Waals surface area contributed by atoms with E-state index in [1.165, 1.54) is 49.0 Å². The number of hydrogen-bond donors (Lipinski definition) is 0. The van der Waals surface area contributed by atoms with E-state index in [-0.39, 0.29) is 0 Å². The van der Waals surface area contributed by atoms with Crippen LogP contribution in [0, 0.1) is 0 Å². The molecule has 0 atom stereocenters. The van der Waals surface area contributed by atoms with Gasteiger partial charge in [-0.05, 0) is 47.2 Å². The van der Waals surface area contributed by atoms with E-state index in [0.717, 1.165) is 44.2 Å². The van der Waals surface area contributed by atoms with Crippen molar-refractivity contribution in [1.29, 1.82) is 0 Å². The van der Waals surface area contributed by atoms with Crippen molar-refractivity contribution in [2.45, 2.75) is 0 Å². The Morgan fingerprint density at radius 1 is 0.310 bits per heavy atom. The second-order valence-electron chi connectivity index (χ2n) is 14.8. The van der Waals surface area contributed by atoms with Crippen molar-refractivity contribution in [3.63, 3.8) is 0 Å². The van der Waals surface area contributed by atoms with Gasteiger partial charge in [0.15, 0.2) is 17.5 Å². The minimum atomic E-state index is 0.636. The maximum atomic E-state index is 5.13. The Labute approximate surface area is 333 Å². The van der Waals surface area contributed by atoms with Crippen LogP contribution in [0.25, 0.3) is 111 Å². The van der Waals surface area contributed by atoms with Gasteiger partial charge in [-0.1, -0.05) is 164 Å². The molecule has 12 aromatic rings. The van der Waals surface area contributed by atoms with Crippen LogP contribution >= 0.6 is 0 Å². The first-order valence-electron chi connectivity index (χ1n) is 19.6. The lowest BCUT2D eigenvalue weighted by Gasteiger charge is -2.17. The minimum Gasteiger partial charge on any atom is -0.309 e. The Kier molecular flexibility index (Phi) is 7.16. The second-order valence-corrected chi connectivity index (χ2v) is 14.8. The van der Waals surface area contributed by atoms with Crippen LogP contribution in [0.5, 0.6) is 0 Å². The standard InChI is InChI=1S/C53H33N5/c1-3-17-34(18-4-1)51-54-52(35-19-5-2-6-20-35)56-53(55-51)42-31-32-47(39-24-10-9-23-38(39)42)57-46-30-16-13-27-43(46)49-48(57)33-36-21-7-8-22-37(36)50(49)58-44-28-14-11-25-40(44)41-26-12-15-29-45(41)58/h1-33H. The summed E-state index contributed by atoms with van der Waals surface area (Å²) in [6.07, 6.45) is 0. The van der Waals surface area contributed by atoms with Gasteiger partial charge in [0.05, 0.1) is 33.4 Å². The molecule has 0 spiro atoms. The number of hydrogen-bond acceptors (Lipinski definition) is 3. The Bertz CT molecular complexity index is 3450. The van der Waals surface area contributed by atoms with Crippen LogP contribution in [0.3, 0.4) is 0 Å². The Morgan fingerprint density at radius 2 is 0.776 bits per heavy atom. The molecule has 5 nitrogen and oxygen atoms in total. The Hall–Kier alpha value is -7.89. The first-order valence-corrected chi connectivity index (χ1v) is 19.6. The van der Waals surface area contributed by atoms with E-state index in [9.17, 15) is 0 Å². The van der Waals surface area contributed by atoms with Gasteiger partial charge in [0.2, 0.25) is 0 Å². The van der Waals surface area contributed by atoms with Gasteiger partial charge in [-0.3, -0.25) is 0 Å². The molecule has 0 saturated carbocycles. The lowest BCUT2D eigenvalue weighted by molar-refractivity contribution is 1.08. The SMILES string of the molecule is c1ccc(-c2nc(-c3ccccc3)nc(-c3ccc(-n4c5ccccc5c5c(-n6c7ccccc7c7ccccc76)c6ccccc6cc54)c4ccccc34)n2)cc1. The van der Waals surface area contributed by atoms with E-state index in [0.29, 0.717) is 17.5 Å². The fourth-order valence-electron chi connectivity index (χ4n) is 9.02. The van der Waals surface area contributed by atoms with Gasteiger partial charge in [0.25, 0.3) is 0 Å². The zero-order chi connectivity index (χ0) is 38.2. The van der Waals surface area contributed by atoms with Crippen molar-refractivity contribution >= 4 is 65.2 Å². The molecule has 0 aliphatic rings. The van der Waals surface area contributed by atoms with Crippen molar-refractivity contribution in [3.05, 3.63) is 200 Å². The van der Waals surface area contributed by atoms with Crippen LogP contribution < -0.4 is 0 Å². The van der Waals surface area contributed by atoms with Gasteiger partial charge in [-0.15, -0.1) is 0 Å². The summed E-state index contributed by atoms with van der Waals surface area (Å²) in [5.41, 5.74) is 9.79. The molecule has 0 amide bonds. The molecule has 3 heterocycles. The smallest absolute Gasteiger partial charge is 0.164 e. The first-order chi connectivity index (χ1) is 28.8. The fraction of sp³-hybridized carbons (Fsp3) is 0. The zero-order valence-corrected chi connectivity index (χ0v) is 31.3. The molecule has 0 radical (unpaired) electrons. The summed E-state index contributed by atoms with van der Waals surface area (Å²) in [4.78, 5) is 15.2. The highest BCUT2D eigenvalue weighted by Crippen LogP contribution is 2.45. The molecule has 0 unspecified atom stereocenters. The quantitative estimate of drug-likeness (QED) is 0.177. The molecule has 270 valence electrons. The van der Waals surface area contributed by atoms with Crippen molar-refractivity contribution in [2.75, 3.05) is 0 Å². The highest BCUT2D eigenvalue weighted by Gasteiger charge is 2.24. The third-order valence-corrected chi connectivity index (χ3v) is 11.5. The average Bonchev–Trinajstić information content (AvgIpc) is 3.81. The minimum absolute atomic E-state index is 0.636. The molecule has 0 N–H and O–H groups in total. The van der Waals surface area contributed by atoms with E-state index in [4.69, 9.17) is 15.0 Å². The lowest BCUT2D eigenvalue weighted by Crippen LogP contribution is -2.02. The number of nitrogens with zero attached hydrogens (tertiary/aromatic N) is 5. The summed E-state index contributed by atoms with van der Waals surface area (Å²) < 4.78 is 4.95. The number of fused-ring (bicyclic) bond motifs is 8. The maximum absolute atomic E-state index is 5.13. The summed E-state index contributed by atoms with van der Waals surface area (Å²) in [5.74, 6) is 1.92. The number of rotatable bonds is 5. The van der Waals surface area contributed by atoms with Crippen LogP contribution in [0.15, 0.2) is 200 Å². The topological polar surface area (TPSA) is 48.5 Å². The third kappa shape index (κ3) is 4.87. The van der Waals surface area contributed by atoms with E-state index in [1.54, 1.807) is 0 Å². The predicted molar refractivity (Wildman–Crippen MR) is 240 cm³/mol. The van der Waals surface area contributed by atoms with Crippen molar-refractivity contribution in [2.24, 2.45) is 0 Å². The summed E-state index contributed by atoms with van der Waals surface area (Å²) in [6.45, 7) is 0. The lowest BCUT2D eigenvalue weighted by atomic mass is 10.0. The highest BCUT2D eigenvalue weighted by molar-refractivity contribution is 6.22. The molecule has 3 aromatic heterocycles. The van der Waals surface area contributed by atoms with Crippen LogP contribution in [-0.2, 0) is 0 Å². The first kappa shape index (κ1) is 32.4. The number of benzene rings is 9. The summed E-state index contributed by atoms with van der Waals surface area (Å²) in [6, 6.07) is 71.0. The van der Waals surface area contributed by atoms with Gasteiger partial charge < -0.3 is 9.13 Å². The summed E-state index contributed by atoms with van der Waals surface area (Å²) in [5, 5.41) is 9.47. The number of aromatic nitrogens is 5. The fourth-order valence-corrected chi connectivity index (χ4v) is 9.02. The number of para-hydroxylation sites is 3. The molecule has 0 aliphatic heterocycles. The predicted octanol–water partition coefficient (Wildman–Crippen LogP) is 13.4. The van der Waals surface area contributed by atoms with Gasteiger partial charge in [-0.25, -0.2) is 15.0 Å². The largest absolute Gasteiger partial charge is 0.309 e. The molecule has 9 aromatic carbocycles. The molecule has 0 bridgehead atoms. The van der Waals surface area contributed by atoms with Crippen LogP contribution in [0.2, 0.25) is 0 Å². The third-order valence-electron chi connectivity index (χ3n) is 11.5. The van der Waals surface area contributed by atoms with Gasteiger partial charge in [-0.2, -0.15) is 0 Å². The van der Waals surface area contributed by atoms with Crippen LogP contribution in [0.4, 0.5) is 0 Å². The average molecular weight is 740 g/mol. The van der Waals surface area contributed by atoms with E-state index >= 15 is 0 Å². The molecule has 0 aliphatic carbocycles. The Balaban J connectivity index is 1.16. The molecule has 58 heavy (non-hydrogen) atoms. The molecule has 0 fully saturated rings. The van der Waals surface area contributed by atoms with E-state index < -0.39 is 0 Å². The normalized spacial score (nSPS) is 11.8. The summed E-state index contributed by atoms with van der Waals surface area (Å²) >= 11 is 0. The van der Waals surface area contributed by atoms with Crippen molar-refractivity contribution < 1.29 is 0 Å². The molecular weight excluding hydrogens is 707 g/mol. The Morgan fingerprint density at radius 3 is 1.40 bits per heavy atom. The molecule has 0 saturated heterocycles. The zero-order valence-electron chi connectivity index (χ0n) is 31.3. The van der Waals surface area contributed by atoms with E-state index in [1.807, 2.05) is 36.4 Å². The molecule has 5 heteroatoms. The van der Waals surface area contributed by atoms with Gasteiger partial charge in [0, 0.05) is 49.0 Å². The highest BCUT2D eigenvalue weighted by atomic mass is 15.0. The van der Waals surface area contributed by atoms with Gasteiger partial charge in [0.1, 0.15) is 0 Å². The second kappa shape index (κ2) is 12.8. The maximum Gasteiger partial charge on any atom is 0.164 e. The van der Waals surface area contributed by atoms with Crippen LogP contribution in [-0.4, -0.2) is 24.1 Å². The monoisotopic (exact) mass is 739 g/mol. The van der Waals surface area contributed by atoms with Crippen LogP contribution in [0.1, 0.15) is 0 Å². The van der Waals surface area contributed by atoms with Crippen molar-refractivity contribution in [1.82, 2.24) is 24.1 Å². The summed E-state index contributed by atoms with van der Waals surface area (Å²) in [7, 11) is 0. The van der Waals surface area contributed by atoms with Gasteiger partial charge >= 0.3 is 0 Å². The van der Waals surface area contributed by atoms with E-state index in [2.05, 4.69) is 173 Å². The van der Waals surface area contributed by atoms with Crippen molar-refractivity contribution in [3.8, 4) is 45.5 Å².